The second-order valence-corrected chi connectivity index (χ2v) is 4.93. The normalized spacial score (nSPS) is 24.0. The number of ether oxygens (including phenoxy) is 3. The van der Waals surface area contributed by atoms with Gasteiger partial charge in [-0.05, 0) is 12.8 Å². The average molecular weight is 246 g/mol. The molecule has 1 N–H and O–H groups in total. The Kier molecular flexibility index (Phi) is 6.41. The summed E-state index contributed by atoms with van der Waals surface area (Å²) in [4.78, 5) is 0. The number of hydrogen-bond acceptors (Lipinski definition) is 4. The first kappa shape index (κ1) is 14.9. The molecular weight excluding hydrogens is 220 g/mol. The van der Waals surface area contributed by atoms with Crippen molar-refractivity contribution >= 4 is 0 Å². The molecule has 2 aliphatic rings. The largest absolute Gasteiger partial charge is 0.394 e. The lowest BCUT2D eigenvalue weighted by molar-refractivity contribution is -0.191. The van der Waals surface area contributed by atoms with Crippen molar-refractivity contribution in [3.8, 4) is 0 Å². The Labute approximate surface area is 104 Å². The van der Waals surface area contributed by atoms with Gasteiger partial charge in [0, 0.05) is 18.4 Å². The fourth-order valence-electron chi connectivity index (χ4n) is 2.02. The zero-order valence-electron chi connectivity index (χ0n) is 11.3. The molecule has 0 spiro atoms. The van der Waals surface area contributed by atoms with Crippen LogP contribution in [0.3, 0.4) is 0 Å². The summed E-state index contributed by atoms with van der Waals surface area (Å²) >= 11 is 0. The maximum absolute atomic E-state index is 8.98. The Morgan fingerprint density at radius 3 is 2.00 bits per heavy atom. The van der Waals surface area contributed by atoms with Crippen LogP contribution in [0.5, 0.6) is 0 Å². The van der Waals surface area contributed by atoms with E-state index in [0.29, 0.717) is 0 Å². The summed E-state index contributed by atoms with van der Waals surface area (Å²) in [7, 11) is 1.64. The predicted molar refractivity (Wildman–Crippen MR) is 66.0 cm³/mol. The van der Waals surface area contributed by atoms with Crippen LogP contribution in [-0.4, -0.2) is 51.4 Å². The molecule has 0 amide bonds. The Morgan fingerprint density at radius 1 is 1.29 bits per heavy atom. The van der Waals surface area contributed by atoms with Gasteiger partial charge in [-0.1, -0.05) is 13.8 Å². The topological polar surface area (TPSA) is 47.9 Å². The van der Waals surface area contributed by atoms with Gasteiger partial charge in [-0.15, -0.1) is 0 Å². The summed E-state index contributed by atoms with van der Waals surface area (Å²) < 4.78 is 15.2. The monoisotopic (exact) mass is 246 g/mol. The Bertz CT molecular complexity index is 187. The van der Waals surface area contributed by atoms with E-state index in [9.17, 15) is 0 Å². The zero-order chi connectivity index (χ0) is 12.7. The first-order valence-corrected chi connectivity index (χ1v) is 6.51. The lowest BCUT2D eigenvalue weighted by atomic mass is 9.78. The minimum absolute atomic E-state index is 0.0544. The van der Waals surface area contributed by atoms with E-state index in [0.717, 1.165) is 38.8 Å². The van der Waals surface area contributed by atoms with Gasteiger partial charge in [0.05, 0.1) is 39.1 Å². The molecule has 1 atom stereocenters. The predicted octanol–water partition coefficient (Wildman–Crippen LogP) is 1.46. The van der Waals surface area contributed by atoms with E-state index in [1.807, 2.05) is 0 Å². The first-order chi connectivity index (χ1) is 8.22. The van der Waals surface area contributed by atoms with E-state index in [1.54, 1.807) is 7.11 Å². The van der Waals surface area contributed by atoms with Crippen molar-refractivity contribution in [3.63, 3.8) is 0 Å². The molecular formula is C13H26O4. The lowest BCUT2D eigenvalue weighted by Gasteiger charge is -2.45. The molecule has 0 aromatic carbocycles. The maximum Gasteiger partial charge on any atom is 0.0902 e. The SMILES string of the molecule is CCC1(C(CO)OC)COC1.CCC1COC1. The van der Waals surface area contributed by atoms with Crippen LogP contribution in [0.4, 0.5) is 0 Å². The van der Waals surface area contributed by atoms with E-state index in [4.69, 9.17) is 19.3 Å². The van der Waals surface area contributed by atoms with Gasteiger partial charge in [-0.2, -0.15) is 0 Å². The van der Waals surface area contributed by atoms with E-state index in [1.165, 1.54) is 6.42 Å². The zero-order valence-corrected chi connectivity index (χ0v) is 11.3. The lowest BCUT2D eigenvalue weighted by Crippen LogP contribution is -2.53. The number of methoxy groups -OCH3 is 1. The highest BCUT2D eigenvalue weighted by Crippen LogP contribution is 2.36. The summed E-state index contributed by atoms with van der Waals surface area (Å²) in [6.45, 7) is 7.86. The summed E-state index contributed by atoms with van der Waals surface area (Å²) in [5, 5.41) is 8.98. The second-order valence-electron chi connectivity index (χ2n) is 4.93. The van der Waals surface area contributed by atoms with Gasteiger partial charge in [0.15, 0.2) is 0 Å². The van der Waals surface area contributed by atoms with Crippen LogP contribution < -0.4 is 0 Å². The van der Waals surface area contributed by atoms with Gasteiger partial charge in [0.2, 0.25) is 0 Å². The smallest absolute Gasteiger partial charge is 0.0902 e. The van der Waals surface area contributed by atoms with Gasteiger partial charge in [0.25, 0.3) is 0 Å². The highest BCUT2D eigenvalue weighted by atomic mass is 16.5. The molecule has 1 unspecified atom stereocenters. The Balaban J connectivity index is 0.000000202. The summed E-state index contributed by atoms with van der Waals surface area (Å²) in [5.74, 6) is 0.894. The Morgan fingerprint density at radius 2 is 1.94 bits per heavy atom. The van der Waals surface area contributed by atoms with E-state index >= 15 is 0 Å². The molecule has 0 bridgehead atoms. The summed E-state index contributed by atoms with van der Waals surface area (Å²) in [5.41, 5.74) is 0.0868. The van der Waals surface area contributed by atoms with Gasteiger partial charge in [-0.3, -0.25) is 0 Å². The van der Waals surface area contributed by atoms with Crippen molar-refractivity contribution in [1.29, 1.82) is 0 Å². The third-order valence-electron chi connectivity index (χ3n) is 3.90. The molecule has 0 aromatic heterocycles. The highest BCUT2D eigenvalue weighted by molar-refractivity contribution is 4.91. The number of aliphatic hydroxyl groups is 1. The molecule has 2 aliphatic heterocycles. The van der Waals surface area contributed by atoms with Crippen molar-refractivity contribution in [2.24, 2.45) is 11.3 Å². The van der Waals surface area contributed by atoms with Crippen molar-refractivity contribution in [3.05, 3.63) is 0 Å². The van der Waals surface area contributed by atoms with Crippen LogP contribution in [0.2, 0.25) is 0 Å². The summed E-state index contributed by atoms with van der Waals surface area (Å²) in [6, 6.07) is 0. The third kappa shape index (κ3) is 3.65. The first-order valence-electron chi connectivity index (χ1n) is 6.51. The molecule has 4 heteroatoms. The third-order valence-corrected chi connectivity index (χ3v) is 3.90. The van der Waals surface area contributed by atoms with Crippen molar-refractivity contribution in [2.45, 2.75) is 32.8 Å². The molecule has 2 fully saturated rings. The van der Waals surface area contributed by atoms with Crippen molar-refractivity contribution < 1.29 is 19.3 Å². The van der Waals surface area contributed by atoms with Gasteiger partial charge in [0.1, 0.15) is 0 Å². The molecule has 17 heavy (non-hydrogen) atoms. The number of rotatable bonds is 5. The number of aliphatic hydroxyl groups excluding tert-OH is 1. The molecule has 0 radical (unpaired) electrons. The minimum atomic E-state index is -0.0544. The molecule has 0 aliphatic carbocycles. The van der Waals surface area contributed by atoms with Crippen LogP contribution in [0.15, 0.2) is 0 Å². The molecule has 4 nitrogen and oxygen atoms in total. The molecule has 2 saturated heterocycles. The van der Waals surface area contributed by atoms with Gasteiger partial charge in [-0.25, -0.2) is 0 Å². The summed E-state index contributed by atoms with van der Waals surface area (Å²) in [6.07, 6.45) is 2.24. The molecule has 0 aromatic rings. The van der Waals surface area contributed by atoms with Crippen molar-refractivity contribution in [1.82, 2.24) is 0 Å². The van der Waals surface area contributed by atoms with Crippen molar-refractivity contribution in [2.75, 3.05) is 40.1 Å². The van der Waals surface area contributed by atoms with Crippen LogP contribution >= 0.6 is 0 Å². The fourth-order valence-corrected chi connectivity index (χ4v) is 2.02. The van der Waals surface area contributed by atoms with Crippen LogP contribution in [0.25, 0.3) is 0 Å². The van der Waals surface area contributed by atoms with E-state index in [-0.39, 0.29) is 18.1 Å². The molecule has 102 valence electrons. The second kappa shape index (κ2) is 7.31. The quantitative estimate of drug-likeness (QED) is 0.798. The fraction of sp³-hybridized carbons (Fsp3) is 1.00. The average Bonchev–Trinajstić information content (AvgIpc) is 2.22. The maximum atomic E-state index is 8.98. The van der Waals surface area contributed by atoms with Crippen LogP contribution in [-0.2, 0) is 14.2 Å². The van der Waals surface area contributed by atoms with E-state index < -0.39 is 0 Å². The van der Waals surface area contributed by atoms with Crippen LogP contribution in [0.1, 0.15) is 26.7 Å². The highest BCUT2D eigenvalue weighted by Gasteiger charge is 2.44. The standard InChI is InChI=1S/C8H16O3.C5H10O/c1-3-8(5-11-6-8)7(4-9)10-2;1-2-5-3-6-4-5/h7,9H,3-6H2,1-2H3;5H,2-4H2,1H3. The minimum Gasteiger partial charge on any atom is -0.394 e. The van der Waals surface area contributed by atoms with E-state index in [2.05, 4.69) is 13.8 Å². The molecule has 2 heterocycles. The molecule has 0 saturated carbocycles. The van der Waals surface area contributed by atoms with Crippen LogP contribution in [0, 0.1) is 11.3 Å². The number of hydrogen-bond donors (Lipinski definition) is 1. The van der Waals surface area contributed by atoms with Gasteiger partial charge >= 0.3 is 0 Å². The molecule has 2 rings (SSSR count). The van der Waals surface area contributed by atoms with Gasteiger partial charge < -0.3 is 19.3 Å². The Hall–Kier alpha value is -0.160.